The standard InChI is InChI=1S/C20H17N3O2S3/c24-18(6-5-17-21-20(22-25-17)16-4-2-11-27-16)23-9-7-14-13(8-12-28-14)19(23)15-3-1-10-26-15/h1-4,8,10-12,19H,5-7,9H2. The van der Waals surface area contributed by atoms with E-state index in [4.69, 9.17) is 4.52 Å². The molecule has 8 heteroatoms. The maximum absolute atomic E-state index is 13.1. The molecule has 0 aliphatic carbocycles. The van der Waals surface area contributed by atoms with E-state index in [1.807, 2.05) is 28.5 Å². The van der Waals surface area contributed by atoms with Crippen LogP contribution in [0.1, 0.15) is 33.7 Å². The lowest BCUT2D eigenvalue weighted by molar-refractivity contribution is -0.133. The molecule has 5 nitrogen and oxygen atoms in total. The largest absolute Gasteiger partial charge is 0.339 e. The molecule has 5 rings (SSSR count). The second-order valence-corrected chi connectivity index (χ2v) is 9.47. The Balaban J connectivity index is 1.32. The van der Waals surface area contributed by atoms with Crippen LogP contribution in [0.2, 0.25) is 0 Å². The fourth-order valence-electron chi connectivity index (χ4n) is 3.56. The first kappa shape index (κ1) is 17.8. The fourth-order valence-corrected chi connectivity index (χ4v) is 5.97. The molecule has 0 saturated heterocycles. The van der Waals surface area contributed by atoms with Crippen LogP contribution in [0.3, 0.4) is 0 Å². The Hall–Kier alpha value is -2.29. The summed E-state index contributed by atoms with van der Waals surface area (Å²) in [6, 6.07) is 10.3. The maximum Gasteiger partial charge on any atom is 0.227 e. The van der Waals surface area contributed by atoms with Crippen molar-refractivity contribution in [2.75, 3.05) is 6.54 Å². The van der Waals surface area contributed by atoms with Gasteiger partial charge >= 0.3 is 0 Å². The summed E-state index contributed by atoms with van der Waals surface area (Å²) in [5.74, 6) is 1.23. The molecule has 142 valence electrons. The Morgan fingerprint density at radius 1 is 1.14 bits per heavy atom. The number of nitrogens with zero attached hydrogens (tertiary/aromatic N) is 3. The lowest BCUT2D eigenvalue weighted by Crippen LogP contribution is -2.39. The highest BCUT2D eigenvalue weighted by molar-refractivity contribution is 7.13. The van der Waals surface area contributed by atoms with E-state index in [9.17, 15) is 4.79 Å². The molecule has 28 heavy (non-hydrogen) atoms. The van der Waals surface area contributed by atoms with Crippen LogP contribution in [-0.2, 0) is 17.6 Å². The smallest absolute Gasteiger partial charge is 0.227 e. The van der Waals surface area contributed by atoms with Crippen LogP contribution in [0.4, 0.5) is 0 Å². The number of thiophene rings is 3. The van der Waals surface area contributed by atoms with E-state index in [0.717, 1.165) is 17.8 Å². The molecule has 0 aromatic carbocycles. The average Bonchev–Trinajstić information content (AvgIpc) is 3.50. The van der Waals surface area contributed by atoms with Crippen LogP contribution in [0, 0.1) is 0 Å². The van der Waals surface area contributed by atoms with Gasteiger partial charge in [0.05, 0.1) is 10.9 Å². The van der Waals surface area contributed by atoms with Gasteiger partial charge in [0.25, 0.3) is 0 Å². The number of carbonyl (C=O) groups is 1. The summed E-state index contributed by atoms with van der Waals surface area (Å²) in [6.07, 6.45) is 1.75. The fraction of sp³-hybridized carbons (Fsp3) is 0.250. The van der Waals surface area contributed by atoms with Crippen molar-refractivity contribution in [2.45, 2.75) is 25.3 Å². The molecule has 4 aromatic heterocycles. The number of carbonyl (C=O) groups excluding carboxylic acids is 1. The molecule has 4 aromatic rings. The van der Waals surface area contributed by atoms with Crippen molar-refractivity contribution in [3.8, 4) is 10.7 Å². The molecule has 0 saturated carbocycles. The summed E-state index contributed by atoms with van der Waals surface area (Å²) in [6.45, 7) is 0.749. The molecule has 5 heterocycles. The molecule has 1 unspecified atom stereocenters. The zero-order chi connectivity index (χ0) is 18.9. The average molecular weight is 428 g/mol. The quantitative estimate of drug-likeness (QED) is 0.448. The molecule has 1 aliphatic rings. The third-order valence-corrected chi connectivity index (χ3v) is 7.65. The molecule has 1 amide bonds. The van der Waals surface area contributed by atoms with Gasteiger partial charge in [-0.3, -0.25) is 4.79 Å². The van der Waals surface area contributed by atoms with Crippen LogP contribution >= 0.6 is 34.0 Å². The first-order chi connectivity index (χ1) is 13.8. The first-order valence-electron chi connectivity index (χ1n) is 9.05. The molecule has 0 N–H and O–H groups in total. The lowest BCUT2D eigenvalue weighted by Gasteiger charge is -2.35. The normalized spacial score (nSPS) is 16.3. The van der Waals surface area contributed by atoms with E-state index < -0.39 is 0 Å². The summed E-state index contributed by atoms with van der Waals surface area (Å²) in [4.78, 5) is 23.1. The van der Waals surface area contributed by atoms with E-state index in [2.05, 4.69) is 33.0 Å². The summed E-state index contributed by atoms with van der Waals surface area (Å²) in [5, 5.41) is 10.2. The third kappa shape index (κ3) is 3.32. The molecule has 0 radical (unpaired) electrons. The van der Waals surface area contributed by atoms with Crippen molar-refractivity contribution in [1.29, 1.82) is 0 Å². The highest BCUT2D eigenvalue weighted by Crippen LogP contribution is 2.39. The topological polar surface area (TPSA) is 59.2 Å². The van der Waals surface area contributed by atoms with Crippen molar-refractivity contribution in [3.05, 3.63) is 67.7 Å². The molecule has 0 spiro atoms. The van der Waals surface area contributed by atoms with Gasteiger partial charge in [0.1, 0.15) is 0 Å². The minimum Gasteiger partial charge on any atom is -0.339 e. The van der Waals surface area contributed by atoms with Crippen LogP contribution in [0.25, 0.3) is 10.7 Å². The Bertz CT molecular complexity index is 1070. The van der Waals surface area contributed by atoms with Crippen molar-refractivity contribution in [1.82, 2.24) is 15.0 Å². The number of hydrogen-bond donors (Lipinski definition) is 0. The summed E-state index contributed by atoms with van der Waals surface area (Å²) < 4.78 is 5.35. The number of fused-ring (bicyclic) bond motifs is 1. The Morgan fingerprint density at radius 3 is 2.86 bits per heavy atom. The summed E-state index contributed by atoms with van der Waals surface area (Å²) in [5.41, 5.74) is 1.27. The first-order valence-corrected chi connectivity index (χ1v) is 11.7. The van der Waals surface area contributed by atoms with E-state index in [1.54, 1.807) is 34.0 Å². The number of rotatable bonds is 5. The van der Waals surface area contributed by atoms with Gasteiger partial charge in [-0.25, -0.2) is 0 Å². The number of hydrogen-bond acceptors (Lipinski definition) is 7. The van der Waals surface area contributed by atoms with Gasteiger partial charge in [-0.15, -0.1) is 34.0 Å². The second kappa shape index (κ2) is 7.62. The van der Waals surface area contributed by atoms with Gasteiger partial charge in [-0.1, -0.05) is 17.3 Å². The van der Waals surface area contributed by atoms with Crippen molar-refractivity contribution in [3.63, 3.8) is 0 Å². The lowest BCUT2D eigenvalue weighted by atomic mass is 9.98. The van der Waals surface area contributed by atoms with Crippen LogP contribution in [0.15, 0.2) is 51.0 Å². The Morgan fingerprint density at radius 2 is 2.04 bits per heavy atom. The van der Waals surface area contributed by atoms with Gasteiger partial charge in [0.2, 0.25) is 17.6 Å². The number of aromatic nitrogens is 2. The zero-order valence-electron chi connectivity index (χ0n) is 14.9. The molecule has 0 fully saturated rings. The maximum atomic E-state index is 13.1. The highest BCUT2D eigenvalue weighted by Gasteiger charge is 2.33. The van der Waals surface area contributed by atoms with Crippen LogP contribution < -0.4 is 0 Å². The molecular weight excluding hydrogens is 410 g/mol. The van der Waals surface area contributed by atoms with E-state index in [-0.39, 0.29) is 11.9 Å². The van der Waals surface area contributed by atoms with Gasteiger partial charge < -0.3 is 9.42 Å². The predicted molar refractivity (Wildman–Crippen MR) is 112 cm³/mol. The Labute approximate surface area is 174 Å². The molecular formula is C20H17N3O2S3. The summed E-state index contributed by atoms with van der Waals surface area (Å²) in [7, 11) is 0. The van der Waals surface area contributed by atoms with Crippen molar-refractivity contribution >= 4 is 39.9 Å². The van der Waals surface area contributed by atoms with E-state index in [0.29, 0.717) is 24.6 Å². The van der Waals surface area contributed by atoms with Gasteiger partial charge in [-0.2, -0.15) is 4.98 Å². The van der Waals surface area contributed by atoms with Crippen molar-refractivity contribution in [2.24, 2.45) is 0 Å². The van der Waals surface area contributed by atoms with Crippen molar-refractivity contribution < 1.29 is 9.32 Å². The third-order valence-electron chi connectivity index (χ3n) is 4.86. The zero-order valence-corrected chi connectivity index (χ0v) is 17.4. The monoisotopic (exact) mass is 427 g/mol. The van der Waals surface area contributed by atoms with Gasteiger partial charge in [0.15, 0.2) is 0 Å². The SMILES string of the molecule is O=C(CCc1nc(-c2cccs2)no1)N1CCc2sccc2C1c1cccs1. The Kier molecular flexibility index (Phi) is 4.84. The number of aryl methyl sites for hydroxylation is 1. The van der Waals surface area contributed by atoms with E-state index in [1.165, 1.54) is 15.3 Å². The predicted octanol–water partition coefficient (Wildman–Crippen LogP) is 5.03. The molecule has 1 aliphatic heterocycles. The molecule has 0 bridgehead atoms. The minimum absolute atomic E-state index is 0.0202. The second-order valence-electron chi connectivity index (χ2n) is 6.54. The van der Waals surface area contributed by atoms with Crippen LogP contribution in [0.5, 0.6) is 0 Å². The number of amides is 1. The minimum atomic E-state index is 0.0202. The van der Waals surface area contributed by atoms with E-state index >= 15 is 0 Å². The van der Waals surface area contributed by atoms with Gasteiger partial charge in [-0.05, 0) is 46.3 Å². The highest BCUT2D eigenvalue weighted by atomic mass is 32.1. The van der Waals surface area contributed by atoms with Gasteiger partial charge in [0, 0.05) is 29.1 Å². The molecule has 1 atom stereocenters. The summed E-state index contributed by atoms with van der Waals surface area (Å²) >= 11 is 5.06. The van der Waals surface area contributed by atoms with Crippen LogP contribution in [-0.4, -0.2) is 27.5 Å².